The summed E-state index contributed by atoms with van der Waals surface area (Å²) in [5, 5.41) is 7.55. The Morgan fingerprint density at radius 1 is 1.67 bits per heavy atom. The van der Waals surface area contributed by atoms with Crippen molar-refractivity contribution >= 4 is 5.97 Å². The second-order valence-corrected chi connectivity index (χ2v) is 3.65. The summed E-state index contributed by atoms with van der Waals surface area (Å²) < 4.78 is 6.62. The van der Waals surface area contributed by atoms with Gasteiger partial charge < -0.3 is 10.5 Å². The molecule has 6 heteroatoms. The summed E-state index contributed by atoms with van der Waals surface area (Å²) in [6.07, 6.45) is 4.89. The summed E-state index contributed by atoms with van der Waals surface area (Å²) in [6, 6.07) is 0. The number of carbonyl (C=O) groups is 1. The maximum absolute atomic E-state index is 11.4. The Balaban J connectivity index is 1.82. The molecule has 0 amide bonds. The van der Waals surface area contributed by atoms with Crippen LogP contribution in [0.2, 0.25) is 0 Å². The van der Waals surface area contributed by atoms with Gasteiger partial charge in [-0.05, 0) is 19.3 Å². The number of rotatable bonds is 4. The number of nitrogens with two attached hydrogens (primary N) is 1. The molecular weight excluding hydrogens is 196 g/mol. The van der Waals surface area contributed by atoms with Gasteiger partial charge in [0, 0.05) is 6.54 Å². The zero-order chi connectivity index (χ0) is 10.7. The highest BCUT2D eigenvalue weighted by atomic mass is 16.5. The fraction of sp³-hybridized carbons (Fsp3) is 0.667. The standard InChI is InChI=1S/C9H14N4O2/c10-4-7-5-13(12-11-7)6-9(14)15-8-2-1-3-8/h5,8H,1-4,6,10H2. The molecule has 0 bridgehead atoms. The Morgan fingerprint density at radius 2 is 2.47 bits per heavy atom. The van der Waals surface area contributed by atoms with Gasteiger partial charge in [0.1, 0.15) is 12.6 Å². The fourth-order valence-electron chi connectivity index (χ4n) is 1.35. The van der Waals surface area contributed by atoms with Gasteiger partial charge in [-0.25, -0.2) is 4.68 Å². The molecule has 1 aromatic heterocycles. The van der Waals surface area contributed by atoms with Crippen molar-refractivity contribution in [3.05, 3.63) is 11.9 Å². The Kier molecular flexibility index (Phi) is 2.96. The van der Waals surface area contributed by atoms with Gasteiger partial charge >= 0.3 is 5.97 Å². The molecule has 1 aliphatic rings. The maximum atomic E-state index is 11.4. The van der Waals surface area contributed by atoms with E-state index in [0.717, 1.165) is 19.3 Å². The highest BCUT2D eigenvalue weighted by Gasteiger charge is 2.21. The third kappa shape index (κ3) is 2.53. The molecule has 0 atom stereocenters. The first-order chi connectivity index (χ1) is 7.28. The Hall–Kier alpha value is -1.43. The van der Waals surface area contributed by atoms with Crippen LogP contribution in [0.4, 0.5) is 0 Å². The topological polar surface area (TPSA) is 83.0 Å². The fourth-order valence-corrected chi connectivity index (χ4v) is 1.35. The second kappa shape index (κ2) is 4.39. The van der Waals surface area contributed by atoms with E-state index in [4.69, 9.17) is 10.5 Å². The van der Waals surface area contributed by atoms with Gasteiger partial charge in [-0.3, -0.25) is 4.79 Å². The van der Waals surface area contributed by atoms with Crippen molar-refractivity contribution in [1.82, 2.24) is 15.0 Å². The van der Waals surface area contributed by atoms with Crippen LogP contribution in [0, 0.1) is 0 Å². The van der Waals surface area contributed by atoms with Crippen molar-refractivity contribution in [2.75, 3.05) is 0 Å². The van der Waals surface area contributed by atoms with E-state index < -0.39 is 0 Å². The van der Waals surface area contributed by atoms with Crippen LogP contribution in [-0.2, 0) is 22.6 Å². The van der Waals surface area contributed by atoms with E-state index in [9.17, 15) is 4.79 Å². The van der Waals surface area contributed by atoms with Crippen molar-refractivity contribution in [3.63, 3.8) is 0 Å². The lowest BCUT2D eigenvalue weighted by Gasteiger charge is -2.24. The summed E-state index contributed by atoms with van der Waals surface area (Å²) in [5.41, 5.74) is 6.05. The predicted molar refractivity (Wildman–Crippen MR) is 51.6 cm³/mol. The van der Waals surface area contributed by atoms with Crippen molar-refractivity contribution in [3.8, 4) is 0 Å². The first-order valence-electron chi connectivity index (χ1n) is 5.06. The highest BCUT2D eigenvalue weighted by molar-refractivity contribution is 5.69. The van der Waals surface area contributed by atoms with Crippen LogP contribution in [0.1, 0.15) is 25.0 Å². The number of nitrogens with zero attached hydrogens (tertiary/aromatic N) is 3. The van der Waals surface area contributed by atoms with Crippen LogP contribution in [0.5, 0.6) is 0 Å². The van der Waals surface area contributed by atoms with E-state index in [1.165, 1.54) is 4.68 Å². The Morgan fingerprint density at radius 3 is 3.00 bits per heavy atom. The lowest BCUT2D eigenvalue weighted by atomic mass is 9.96. The van der Waals surface area contributed by atoms with Crippen LogP contribution in [0.3, 0.4) is 0 Å². The van der Waals surface area contributed by atoms with Gasteiger partial charge in [0.2, 0.25) is 0 Å². The second-order valence-electron chi connectivity index (χ2n) is 3.65. The van der Waals surface area contributed by atoms with Crippen molar-refractivity contribution in [2.24, 2.45) is 5.73 Å². The van der Waals surface area contributed by atoms with E-state index in [-0.39, 0.29) is 18.6 Å². The minimum Gasteiger partial charge on any atom is -0.461 e. The van der Waals surface area contributed by atoms with Crippen molar-refractivity contribution < 1.29 is 9.53 Å². The summed E-state index contributed by atoms with van der Waals surface area (Å²) >= 11 is 0. The van der Waals surface area contributed by atoms with E-state index in [1.54, 1.807) is 6.20 Å². The summed E-state index contributed by atoms with van der Waals surface area (Å²) in [4.78, 5) is 11.4. The summed E-state index contributed by atoms with van der Waals surface area (Å²) in [7, 11) is 0. The maximum Gasteiger partial charge on any atom is 0.328 e. The predicted octanol–water partition coefficient (Wildman–Crippen LogP) is -0.168. The van der Waals surface area contributed by atoms with Gasteiger partial charge in [0.05, 0.1) is 11.9 Å². The number of hydrogen-bond donors (Lipinski definition) is 1. The largest absolute Gasteiger partial charge is 0.461 e. The number of aromatic nitrogens is 3. The van der Waals surface area contributed by atoms with E-state index >= 15 is 0 Å². The number of hydrogen-bond acceptors (Lipinski definition) is 5. The number of esters is 1. The lowest BCUT2D eigenvalue weighted by molar-refractivity contribution is -0.153. The normalized spacial score (nSPS) is 16.1. The van der Waals surface area contributed by atoms with Crippen molar-refractivity contribution in [2.45, 2.75) is 38.5 Å². The zero-order valence-corrected chi connectivity index (χ0v) is 8.43. The van der Waals surface area contributed by atoms with Crippen LogP contribution in [0.15, 0.2) is 6.20 Å². The molecule has 1 aromatic rings. The van der Waals surface area contributed by atoms with Gasteiger partial charge in [0.25, 0.3) is 0 Å². The molecule has 1 heterocycles. The lowest BCUT2D eigenvalue weighted by Crippen LogP contribution is -2.27. The monoisotopic (exact) mass is 210 g/mol. The molecule has 0 radical (unpaired) electrons. The van der Waals surface area contributed by atoms with Crippen LogP contribution in [-0.4, -0.2) is 27.1 Å². The Bertz CT molecular complexity index is 346. The molecule has 1 saturated carbocycles. The molecule has 0 spiro atoms. The molecule has 82 valence electrons. The third-order valence-corrected chi connectivity index (χ3v) is 2.44. The molecule has 1 aliphatic carbocycles. The van der Waals surface area contributed by atoms with E-state index in [1.807, 2.05) is 0 Å². The third-order valence-electron chi connectivity index (χ3n) is 2.44. The molecule has 6 nitrogen and oxygen atoms in total. The van der Waals surface area contributed by atoms with E-state index in [0.29, 0.717) is 12.2 Å². The first-order valence-corrected chi connectivity index (χ1v) is 5.06. The molecule has 0 aliphatic heterocycles. The van der Waals surface area contributed by atoms with Crippen LogP contribution >= 0.6 is 0 Å². The molecule has 0 unspecified atom stereocenters. The molecule has 2 rings (SSSR count). The van der Waals surface area contributed by atoms with Gasteiger partial charge in [-0.1, -0.05) is 5.21 Å². The van der Waals surface area contributed by atoms with Gasteiger partial charge in [-0.15, -0.1) is 5.10 Å². The van der Waals surface area contributed by atoms with Crippen LogP contribution < -0.4 is 5.73 Å². The Labute approximate surface area is 87.4 Å². The number of carbonyl (C=O) groups excluding carboxylic acids is 1. The molecular formula is C9H14N4O2. The van der Waals surface area contributed by atoms with Crippen LogP contribution in [0.25, 0.3) is 0 Å². The number of ether oxygens (including phenoxy) is 1. The molecule has 15 heavy (non-hydrogen) atoms. The smallest absolute Gasteiger partial charge is 0.328 e. The SMILES string of the molecule is NCc1cn(CC(=O)OC2CCC2)nn1. The molecule has 0 aromatic carbocycles. The minimum absolute atomic E-state index is 0.115. The quantitative estimate of drug-likeness (QED) is 0.698. The average molecular weight is 210 g/mol. The molecule has 1 fully saturated rings. The first kappa shape index (κ1) is 10.1. The molecule has 0 saturated heterocycles. The average Bonchev–Trinajstić information content (AvgIpc) is 2.59. The summed E-state index contributed by atoms with van der Waals surface area (Å²) in [5.74, 6) is -0.256. The zero-order valence-electron chi connectivity index (χ0n) is 8.43. The van der Waals surface area contributed by atoms with Gasteiger partial charge in [-0.2, -0.15) is 0 Å². The molecule has 2 N–H and O–H groups in total. The summed E-state index contributed by atoms with van der Waals surface area (Å²) in [6.45, 7) is 0.446. The minimum atomic E-state index is -0.256. The van der Waals surface area contributed by atoms with Crippen molar-refractivity contribution in [1.29, 1.82) is 0 Å². The van der Waals surface area contributed by atoms with E-state index in [2.05, 4.69) is 10.3 Å². The highest BCUT2D eigenvalue weighted by Crippen LogP contribution is 2.21. The van der Waals surface area contributed by atoms with Gasteiger partial charge in [0.15, 0.2) is 0 Å².